The molecular weight excluding hydrogens is 342 g/mol. The zero-order chi connectivity index (χ0) is 14.1. The number of nitrogens with one attached hydrogen (secondary N) is 1. The van der Waals surface area contributed by atoms with Gasteiger partial charge in [0.2, 0.25) is 5.91 Å². The molecule has 1 unspecified atom stereocenters. The first-order chi connectivity index (χ1) is 9.65. The maximum absolute atomic E-state index is 12.4. The number of carbonyl (C=O) groups is 2. The summed E-state index contributed by atoms with van der Waals surface area (Å²) < 4.78 is 0.904. The van der Waals surface area contributed by atoms with Crippen LogP contribution in [0.1, 0.15) is 38.5 Å². The normalized spacial score (nSPS) is 24.4. The number of carbonyl (C=O) groups excluding carboxylic acids is 2. The second-order valence-corrected chi connectivity index (χ2v) is 7.67. The van der Waals surface area contributed by atoms with E-state index in [0.717, 1.165) is 29.5 Å². The Morgan fingerprint density at radius 2 is 2.05 bits per heavy atom. The summed E-state index contributed by atoms with van der Waals surface area (Å²) >= 11 is 4.76. The molecule has 1 saturated heterocycles. The van der Waals surface area contributed by atoms with Gasteiger partial charge in [-0.15, -0.1) is 0 Å². The van der Waals surface area contributed by atoms with E-state index in [4.69, 9.17) is 0 Å². The molecule has 0 aromatic carbocycles. The predicted molar refractivity (Wildman–Crippen MR) is 80.6 cm³/mol. The van der Waals surface area contributed by atoms with E-state index in [1.807, 2.05) is 0 Å². The van der Waals surface area contributed by atoms with Crippen molar-refractivity contribution in [2.24, 2.45) is 0 Å². The summed E-state index contributed by atoms with van der Waals surface area (Å²) in [6.07, 6.45) is 7.26. The zero-order valence-electron chi connectivity index (χ0n) is 11.0. The van der Waals surface area contributed by atoms with Gasteiger partial charge in [-0.05, 0) is 28.8 Å². The Morgan fingerprint density at radius 1 is 1.30 bits per heavy atom. The van der Waals surface area contributed by atoms with Gasteiger partial charge in [0.05, 0.1) is 16.4 Å². The predicted octanol–water partition coefficient (Wildman–Crippen LogP) is 2.78. The van der Waals surface area contributed by atoms with E-state index in [1.165, 1.54) is 22.7 Å². The van der Waals surface area contributed by atoms with Gasteiger partial charge in [-0.3, -0.25) is 14.5 Å². The van der Waals surface area contributed by atoms with Crippen molar-refractivity contribution in [1.82, 2.24) is 9.88 Å². The van der Waals surface area contributed by atoms with Crippen molar-refractivity contribution >= 4 is 44.2 Å². The van der Waals surface area contributed by atoms with Crippen LogP contribution in [0, 0.1) is 0 Å². The van der Waals surface area contributed by atoms with Crippen LogP contribution < -0.4 is 5.32 Å². The first-order valence-corrected chi connectivity index (χ1v) is 8.50. The fourth-order valence-corrected chi connectivity index (χ4v) is 4.12. The summed E-state index contributed by atoms with van der Waals surface area (Å²) in [6.45, 7) is 0. The van der Waals surface area contributed by atoms with Crippen molar-refractivity contribution in [3.8, 4) is 0 Å². The number of nitrogens with zero attached hydrogens (tertiary/aromatic N) is 2. The Kier molecular flexibility index (Phi) is 4.07. The van der Waals surface area contributed by atoms with E-state index in [0.29, 0.717) is 5.13 Å². The number of thiazole rings is 1. The van der Waals surface area contributed by atoms with Crippen molar-refractivity contribution in [3.05, 3.63) is 9.98 Å². The van der Waals surface area contributed by atoms with E-state index in [2.05, 4.69) is 26.2 Å². The molecular formula is C13H16BrN3O2S. The topological polar surface area (TPSA) is 62.3 Å². The highest BCUT2D eigenvalue weighted by molar-refractivity contribution is 9.11. The summed E-state index contributed by atoms with van der Waals surface area (Å²) in [4.78, 5) is 30.2. The van der Waals surface area contributed by atoms with Gasteiger partial charge in [-0.2, -0.15) is 0 Å². The van der Waals surface area contributed by atoms with Gasteiger partial charge in [0.1, 0.15) is 6.04 Å². The third-order valence-electron chi connectivity index (χ3n) is 3.90. The van der Waals surface area contributed by atoms with E-state index in [-0.39, 0.29) is 24.3 Å². The van der Waals surface area contributed by atoms with Gasteiger partial charge in [-0.25, -0.2) is 4.98 Å². The SMILES string of the molecule is O=C1CC(Nc2ncc(Br)s2)C(=O)N1C1CCCCC1. The lowest BCUT2D eigenvalue weighted by atomic mass is 9.94. The van der Waals surface area contributed by atoms with Crippen molar-refractivity contribution in [3.63, 3.8) is 0 Å². The average Bonchev–Trinajstić information content (AvgIpc) is 2.96. The minimum absolute atomic E-state index is 0.0463. The molecule has 0 radical (unpaired) electrons. The van der Waals surface area contributed by atoms with Crippen molar-refractivity contribution in [1.29, 1.82) is 0 Å². The molecule has 1 aliphatic carbocycles. The molecule has 1 aromatic heterocycles. The van der Waals surface area contributed by atoms with Gasteiger partial charge < -0.3 is 5.32 Å². The maximum atomic E-state index is 12.4. The molecule has 5 nitrogen and oxygen atoms in total. The van der Waals surface area contributed by atoms with Gasteiger partial charge in [0.25, 0.3) is 5.91 Å². The number of aromatic nitrogens is 1. The number of likely N-dealkylation sites (tertiary alicyclic amines) is 1. The van der Waals surface area contributed by atoms with Crippen LogP contribution in [0.5, 0.6) is 0 Å². The fourth-order valence-electron chi connectivity index (χ4n) is 2.96. The van der Waals surface area contributed by atoms with Crippen LogP contribution in [0.25, 0.3) is 0 Å². The highest BCUT2D eigenvalue weighted by Crippen LogP contribution is 2.30. The molecule has 108 valence electrons. The minimum Gasteiger partial charge on any atom is -0.349 e. The molecule has 1 atom stereocenters. The smallest absolute Gasteiger partial charge is 0.252 e. The maximum Gasteiger partial charge on any atom is 0.252 e. The van der Waals surface area contributed by atoms with Crippen LogP contribution in [0.3, 0.4) is 0 Å². The fraction of sp³-hybridized carbons (Fsp3) is 0.615. The van der Waals surface area contributed by atoms with Crippen molar-refractivity contribution < 1.29 is 9.59 Å². The molecule has 7 heteroatoms. The van der Waals surface area contributed by atoms with Crippen LogP contribution >= 0.6 is 27.3 Å². The molecule has 2 amide bonds. The number of hydrogen-bond donors (Lipinski definition) is 1. The lowest BCUT2D eigenvalue weighted by Gasteiger charge is -2.29. The number of halogens is 1. The number of imide groups is 1. The van der Waals surface area contributed by atoms with Crippen LogP contribution in [0.15, 0.2) is 9.98 Å². The summed E-state index contributed by atoms with van der Waals surface area (Å²) in [7, 11) is 0. The Hall–Kier alpha value is -0.950. The van der Waals surface area contributed by atoms with E-state index >= 15 is 0 Å². The molecule has 3 rings (SSSR count). The zero-order valence-corrected chi connectivity index (χ0v) is 13.4. The highest BCUT2D eigenvalue weighted by atomic mass is 79.9. The molecule has 2 fully saturated rings. The largest absolute Gasteiger partial charge is 0.349 e. The van der Waals surface area contributed by atoms with E-state index in [9.17, 15) is 9.59 Å². The first kappa shape index (κ1) is 14.0. The molecule has 1 saturated carbocycles. The molecule has 1 N–H and O–H groups in total. The Morgan fingerprint density at radius 3 is 2.70 bits per heavy atom. The quantitative estimate of drug-likeness (QED) is 0.844. The van der Waals surface area contributed by atoms with Crippen molar-refractivity contribution in [2.45, 2.75) is 50.6 Å². The first-order valence-electron chi connectivity index (χ1n) is 6.89. The van der Waals surface area contributed by atoms with Crippen LogP contribution in [-0.2, 0) is 9.59 Å². The van der Waals surface area contributed by atoms with Gasteiger partial charge in [0.15, 0.2) is 5.13 Å². The lowest BCUT2D eigenvalue weighted by molar-refractivity contribution is -0.141. The summed E-state index contributed by atoms with van der Waals surface area (Å²) in [5, 5.41) is 3.75. The highest BCUT2D eigenvalue weighted by Gasteiger charge is 2.42. The third-order valence-corrected chi connectivity index (χ3v) is 5.31. The number of hydrogen-bond acceptors (Lipinski definition) is 5. The third kappa shape index (κ3) is 2.74. The van der Waals surface area contributed by atoms with Crippen LogP contribution in [0.2, 0.25) is 0 Å². The second kappa shape index (κ2) is 5.81. The standard InChI is InChI=1S/C13H16BrN3O2S/c14-10-7-15-13(20-10)16-9-6-11(18)17(12(9)19)8-4-2-1-3-5-8/h7-9H,1-6H2,(H,15,16). The average molecular weight is 358 g/mol. The van der Waals surface area contributed by atoms with Crippen molar-refractivity contribution in [2.75, 3.05) is 5.32 Å². The summed E-state index contributed by atoms with van der Waals surface area (Å²) in [5.41, 5.74) is 0. The lowest BCUT2D eigenvalue weighted by Crippen LogP contribution is -2.43. The second-order valence-electron chi connectivity index (χ2n) is 5.26. The molecule has 2 aliphatic rings. The monoisotopic (exact) mass is 357 g/mol. The molecule has 20 heavy (non-hydrogen) atoms. The number of anilines is 1. The molecule has 1 aliphatic heterocycles. The Bertz CT molecular complexity index is 527. The van der Waals surface area contributed by atoms with Gasteiger partial charge in [-0.1, -0.05) is 30.6 Å². The molecule has 0 spiro atoms. The van der Waals surface area contributed by atoms with Gasteiger partial charge in [0, 0.05) is 6.04 Å². The molecule has 2 heterocycles. The summed E-state index contributed by atoms with van der Waals surface area (Å²) in [5.74, 6) is -0.136. The Balaban J connectivity index is 1.69. The van der Waals surface area contributed by atoms with Gasteiger partial charge >= 0.3 is 0 Å². The van der Waals surface area contributed by atoms with E-state index < -0.39 is 6.04 Å². The molecule has 1 aromatic rings. The number of rotatable bonds is 3. The minimum atomic E-state index is -0.456. The van der Waals surface area contributed by atoms with E-state index in [1.54, 1.807) is 6.20 Å². The summed E-state index contributed by atoms with van der Waals surface area (Å²) in [6, 6.07) is -0.346. The van der Waals surface area contributed by atoms with Crippen LogP contribution in [-0.4, -0.2) is 33.8 Å². The Labute approximate surface area is 129 Å². The molecule has 0 bridgehead atoms. The number of amides is 2. The van der Waals surface area contributed by atoms with Crippen LogP contribution in [0.4, 0.5) is 5.13 Å².